The lowest BCUT2D eigenvalue weighted by molar-refractivity contribution is 1.20. The Hall–Kier alpha value is -2.55. The lowest BCUT2D eigenvalue weighted by Gasteiger charge is -2.02. The highest BCUT2D eigenvalue weighted by Crippen LogP contribution is 2.29. The third kappa shape index (κ3) is 1.63. The van der Waals surface area contributed by atoms with E-state index in [0.717, 1.165) is 23.5 Å². The molecule has 0 unspecified atom stereocenters. The molecule has 0 bridgehead atoms. The molecule has 1 aromatic heterocycles. The van der Waals surface area contributed by atoms with Crippen molar-refractivity contribution in [2.75, 3.05) is 11.9 Å². The Balaban J connectivity index is 1.90. The maximum absolute atomic E-state index is 4.60. The first-order valence-electron chi connectivity index (χ1n) is 6.39. The van der Waals surface area contributed by atoms with E-state index >= 15 is 0 Å². The minimum atomic E-state index is 0.821. The van der Waals surface area contributed by atoms with Gasteiger partial charge in [-0.25, -0.2) is 4.98 Å². The summed E-state index contributed by atoms with van der Waals surface area (Å²) >= 11 is 0. The fraction of sp³-hybridized carbons (Fsp3) is 0.0625. The van der Waals surface area contributed by atoms with Gasteiger partial charge in [-0.2, -0.15) is 0 Å². The van der Waals surface area contributed by atoms with Crippen LogP contribution in [0, 0.1) is 0 Å². The lowest BCUT2D eigenvalue weighted by atomic mass is 10.2. The Morgan fingerprint density at radius 2 is 1.79 bits per heavy atom. The third-order valence-corrected chi connectivity index (χ3v) is 3.41. The standard InChI is InChI=1S/C16H13N3/c1-2-6-12(7-3-1)10-13-11-17-16-18-14-8-4-5-9-15(14)19(13)16/h1-10H,11H2,(H,17,18)/b13-10+. The Morgan fingerprint density at radius 3 is 2.68 bits per heavy atom. The summed E-state index contributed by atoms with van der Waals surface area (Å²) in [6.45, 7) is 0.821. The second-order valence-electron chi connectivity index (χ2n) is 4.66. The number of fused-ring (bicyclic) bond motifs is 3. The van der Waals surface area contributed by atoms with E-state index in [4.69, 9.17) is 0 Å². The smallest absolute Gasteiger partial charge is 0.208 e. The molecule has 0 atom stereocenters. The van der Waals surface area contributed by atoms with Gasteiger partial charge in [0.15, 0.2) is 0 Å². The number of hydrogen-bond acceptors (Lipinski definition) is 2. The topological polar surface area (TPSA) is 29.9 Å². The molecule has 0 fully saturated rings. The molecule has 0 saturated carbocycles. The van der Waals surface area contributed by atoms with Crippen LogP contribution in [0.15, 0.2) is 54.6 Å². The molecule has 92 valence electrons. The average Bonchev–Trinajstić information content (AvgIpc) is 3.00. The van der Waals surface area contributed by atoms with Crippen LogP contribution in [0.1, 0.15) is 5.56 Å². The molecule has 0 spiro atoms. The molecule has 0 radical (unpaired) electrons. The minimum Gasteiger partial charge on any atom is -0.350 e. The van der Waals surface area contributed by atoms with Gasteiger partial charge in [0.1, 0.15) is 0 Å². The van der Waals surface area contributed by atoms with Crippen molar-refractivity contribution in [3.63, 3.8) is 0 Å². The molecular weight excluding hydrogens is 234 g/mol. The average molecular weight is 247 g/mol. The molecule has 19 heavy (non-hydrogen) atoms. The van der Waals surface area contributed by atoms with Gasteiger partial charge in [0.25, 0.3) is 0 Å². The van der Waals surface area contributed by atoms with Crippen LogP contribution in [0.2, 0.25) is 0 Å². The van der Waals surface area contributed by atoms with Gasteiger partial charge in [-0.1, -0.05) is 42.5 Å². The first-order chi connectivity index (χ1) is 9.42. The summed E-state index contributed by atoms with van der Waals surface area (Å²) in [5.74, 6) is 0.934. The van der Waals surface area contributed by atoms with E-state index in [9.17, 15) is 0 Å². The number of nitrogens with one attached hydrogen (secondary N) is 1. The van der Waals surface area contributed by atoms with Crippen LogP contribution in [0.25, 0.3) is 22.8 Å². The van der Waals surface area contributed by atoms with Crippen molar-refractivity contribution >= 4 is 28.8 Å². The highest BCUT2D eigenvalue weighted by atomic mass is 15.3. The summed E-state index contributed by atoms with van der Waals surface area (Å²) in [7, 11) is 0. The van der Waals surface area contributed by atoms with Crippen LogP contribution in [0.5, 0.6) is 0 Å². The van der Waals surface area contributed by atoms with Crippen LogP contribution in [0.4, 0.5) is 5.95 Å². The Kier molecular flexibility index (Phi) is 2.18. The van der Waals surface area contributed by atoms with Gasteiger partial charge >= 0.3 is 0 Å². The van der Waals surface area contributed by atoms with Gasteiger partial charge in [-0.3, -0.25) is 4.57 Å². The van der Waals surface area contributed by atoms with Gasteiger partial charge < -0.3 is 5.32 Å². The second kappa shape index (κ2) is 3.99. The Labute approximate surface area is 111 Å². The first kappa shape index (κ1) is 10.4. The van der Waals surface area contributed by atoms with E-state index in [0.29, 0.717) is 0 Å². The summed E-state index contributed by atoms with van der Waals surface area (Å²) in [6, 6.07) is 18.6. The predicted molar refractivity (Wildman–Crippen MR) is 78.8 cm³/mol. The number of nitrogens with zero attached hydrogens (tertiary/aromatic N) is 2. The van der Waals surface area contributed by atoms with Crippen molar-refractivity contribution in [2.24, 2.45) is 0 Å². The highest BCUT2D eigenvalue weighted by molar-refractivity contribution is 5.90. The fourth-order valence-electron chi connectivity index (χ4n) is 2.54. The SMILES string of the molecule is C(=C1/CNc2nc3ccccc3n21)/c1ccccc1. The van der Waals surface area contributed by atoms with Gasteiger partial charge in [0, 0.05) is 5.70 Å². The van der Waals surface area contributed by atoms with E-state index in [2.05, 4.69) is 57.3 Å². The lowest BCUT2D eigenvalue weighted by Crippen LogP contribution is -1.95. The van der Waals surface area contributed by atoms with Crippen molar-refractivity contribution in [3.8, 4) is 0 Å². The van der Waals surface area contributed by atoms with E-state index in [-0.39, 0.29) is 0 Å². The molecule has 3 aromatic rings. The van der Waals surface area contributed by atoms with Crippen LogP contribution in [0.3, 0.4) is 0 Å². The van der Waals surface area contributed by atoms with Crippen LogP contribution < -0.4 is 5.32 Å². The summed E-state index contributed by atoms with van der Waals surface area (Å²) in [5.41, 5.74) is 4.63. The number of rotatable bonds is 1. The first-order valence-corrected chi connectivity index (χ1v) is 6.39. The molecule has 0 aliphatic carbocycles. The van der Waals surface area contributed by atoms with Crippen LogP contribution in [-0.4, -0.2) is 16.1 Å². The van der Waals surface area contributed by atoms with Gasteiger partial charge in [0.2, 0.25) is 5.95 Å². The number of anilines is 1. The molecule has 1 aliphatic rings. The van der Waals surface area contributed by atoms with Crippen molar-refractivity contribution < 1.29 is 0 Å². The number of imidazole rings is 1. The molecule has 0 amide bonds. The van der Waals surface area contributed by atoms with E-state index in [1.165, 1.54) is 11.3 Å². The maximum atomic E-state index is 4.60. The zero-order chi connectivity index (χ0) is 12.7. The quantitative estimate of drug-likeness (QED) is 0.713. The van der Waals surface area contributed by atoms with Crippen molar-refractivity contribution in [1.82, 2.24) is 9.55 Å². The highest BCUT2D eigenvalue weighted by Gasteiger charge is 2.19. The Bertz CT molecular complexity index is 769. The molecule has 1 aliphatic heterocycles. The molecule has 1 N–H and O–H groups in total. The number of aromatic nitrogens is 2. The van der Waals surface area contributed by atoms with Crippen molar-refractivity contribution in [3.05, 3.63) is 60.2 Å². The van der Waals surface area contributed by atoms with Crippen molar-refractivity contribution in [2.45, 2.75) is 0 Å². The maximum Gasteiger partial charge on any atom is 0.208 e. The largest absolute Gasteiger partial charge is 0.350 e. The molecule has 2 aromatic carbocycles. The minimum absolute atomic E-state index is 0.821. The zero-order valence-corrected chi connectivity index (χ0v) is 10.4. The normalized spacial score (nSPS) is 15.7. The molecule has 3 heteroatoms. The van der Waals surface area contributed by atoms with Crippen molar-refractivity contribution in [1.29, 1.82) is 0 Å². The monoisotopic (exact) mass is 247 g/mol. The zero-order valence-electron chi connectivity index (χ0n) is 10.4. The molecular formula is C16H13N3. The van der Waals surface area contributed by atoms with Gasteiger partial charge in [-0.05, 0) is 23.8 Å². The summed E-state index contributed by atoms with van der Waals surface area (Å²) in [4.78, 5) is 4.60. The molecule has 0 saturated heterocycles. The van der Waals surface area contributed by atoms with Crippen LogP contribution >= 0.6 is 0 Å². The Morgan fingerprint density at radius 1 is 1.00 bits per heavy atom. The summed E-state index contributed by atoms with van der Waals surface area (Å²) < 4.78 is 2.20. The summed E-state index contributed by atoms with van der Waals surface area (Å²) in [5, 5.41) is 3.34. The predicted octanol–water partition coefficient (Wildman–Crippen LogP) is 3.46. The second-order valence-corrected chi connectivity index (χ2v) is 4.66. The fourth-order valence-corrected chi connectivity index (χ4v) is 2.54. The molecule has 3 nitrogen and oxygen atoms in total. The van der Waals surface area contributed by atoms with E-state index in [1.54, 1.807) is 0 Å². The van der Waals surface area contributed by atoms with E-state index in [1.807, 2.05) is 18.2 Å². The number of hydrogen-bond donors (Lipinski definition) is 1. The third-order valence-electron chi connectivity index (χ3n) is 3.41. The molecule has 2 heterocycles. The number of para-hydroxylation sites is 2. The van der Waals surface area contributed by atoms with Gasteiger partial charge in [0.05, 0.1) is 17.6 Å². The van der Waals surface area contributed by atoms with E-state index < -0.39 is 0 Å². The van der Waals surface area contributed by atoms with Crippen LogP contribution in [-0.2, 0) is 0 Å². The van der Waals surface area contributed by atoms with Gasteiger partial charge in [-0.15, -0.1) is 0 Å². The summed E-state index contributed by atoms with van der Waals surface area (Å²) in [6.07, 6.45) is 2.21. The molecule has 4 rings (SSSR count). The number of benzene rings is 2.